The topological polar surface area (TPSA) is 66.5 Å². The smallest absolute Gasteiger partial charge is 0.241 e. The van der Waals surface area contributed by atoms with Gasteiger partial charge in [-0.2, -0.15) is 0 Å². The summed E-state index contributed by atoms with van der Waals surface area (Å²) < 4.78 is 25.8. The van der Waals surface area contributed by atoms with Crippen molar-refractivity contribution in [1.82, 2.24) is 5.32 Å². The van der Waals surface area contributed by atoms with Crippen molar-refractivity contribution in [3.05, 3.63) is 59.2 Å². The standard InChI is InChI=1S/C21H28N2O3S2/c1-6-20(17-11-10-15(2)16(3)12-17)22-21(24)14-23(28(5,25)26)18-8-7-9-19(13-18)27-4/h7-13,20H,6,14H2,1-5H3,(H,22,24)/t20-/m1/s1. The molecular formula is C21H28N2O3S2. The van der Waals surface area contributed by atoms with Crippen molar-refractivity contribution >= 4 is 33.4 Å². The minimum atomic E-state index is -3.59. The number of sulfonamides is 1. The maximum absolute atomic E-state index is 12.7. The lowest BCUT2D eigenvalue weighted by Crippen LogP contribution is -2.41. The molecule has 28 heavy (non-hydrogen) atoms. The van der Waals surface area contributed by atoms with Crippen molar-refractivity contribution in [2.24, 2.45) is 0 Å². The number of hydrogen-bond acceptors (Lipinski definition) is 4. The predicted molar refractivity (Wildman–Crippen MR) is 118 cm³/mol. The first-order valence-electron chi connectivity index (χ1n) is 9.14. The molecule has 5 nitrogen and oxygen atoms in total. The minimum absolute atomic E-state index is 0.161. The molecule has 2 aromatic carbocycles. The minimum Gasteiger partial charge on any atom is -0.348 e. The molecule has 0 saturated heterocycles. The van der Waals surface area contributed by atoms with Crippen molar-refractivity contribution < 1.29 is 13.2 Å². The van der Waals surface area contributed by atoms with Crippen LogP contribution in [0.1, 0.15) is 36.1 Å². The average Bonchev–Trinajstić information content (AvgIpc) is 2.65. The Morgan fingerprint density at radius 3 is 2.43 bits per heavy atom. The van der Waals surface area contributed by atoms with Gasteiger partial charge in [-0.15, -0.1) is 11.8 Å². The summed E-state index contributed by atoms with van der Waals surface area (Å²) >= 11 is 1.52. The van der Waals surface area contributed by atoms with E-state index < -0.39 is 10.0 Å². The van der Waals surface area contributed by atoms with Gasteiger partial charge < -0.3 is 5.32 Å². The van der Waals surface area contributed by atoms with Crippen LogP contribution in [0.4, 0.5) is 5.69 Å². The number of rotatable bonds is 8. The normalized spacial score (nSPS) is 12.5. The lowest BCUT2D eigenvalue weighted by molar-refractivity contribution is -0.120. The molecule has 1 N–H and O–H groups in total. The summed E-state index contributed by atoms with van der Waals surface area (Å²) in [5.74, 6) is -0.329. The van der Waals surface area contributed by atoms with Gasteiger partial charge in [0.2, 0.25) is 15.9 Å². The Balaban J connectivity index is 2.21. The van der Waals surface area contributed by atoms with Gasteiger partial charge in [0.1, 0.15) is 6.54 Å². The number of carbonyl (C=O) groups excluding carboxylic acids is 1. The molecule has 0 saturated carbocycles. The summed E-state index contributed by atoms with van der Waals surface area (Å²) in [4.78, 5) is 13.6. The molecular weight excluding hydrogens is 392 g/mol. The quantitative estimate of drug-likeness (QED) is 0.654. The second kappa shape index (κ2) is 9.47. The van der Waals surface area contributed by atoms with Crippen LogP contribution >= 0.6 is 11.8 Å². The molecule has 2 aromatic rings. The Hall–Kier alpha value is -1.99. The van der Waals surface area contributed by atoms with Crippen LogP contribution in [0.3, 0.4) is 0 Å². The monoisotopic (exact) mass is 420 g/mol. The highest BCUT2D eigenvalue weighted by Gasteiger charge is 2.23. The molecule has 0 unspecified atom stereocenters. The molecule has 0 bridgehead atoms. The summed E-state index contributed by atoms with van der Waals surface area (Å²) in [6.45, 7) is 5.83. The van der Waals surface area contributed by atoms with Gasteiger partial charge in [0.05, 0.1) is 18.0 Å². The molecule has 7 heteroatoms. The molecule has 1 amide bonds. The van der Waals surface area contributed by atoms with Crippen LogP contribution in [0.2, 0.25) is 0 Å². The zero-order chi connectivity index (χ0) is 20.9. The first-order chi connectivity index (χ1) is 13.2. The van der Waals surface area contributed by atoms with Crippen molar-refractivity contribution in [1.29, 1.82) is 0 Å². The number of nitrogens with one attached hydrogen (secondary N) is 1. The fraction of sp³-hybridized carbons (Fsp3) is 0.381. The van der Waals surface area contributed by atoms with Gasteiger partial charge in [0.25, 0.3) is 0 Å². The van der Waals surface area contributed by atoms with Gasteiger partial charge in [-0.1, -0.05) is 31.2 Å². The van der Waals surface area contributed by atoms with E-state index >= 15 is 0 Å². The van der Waals surface area contributed by atoms with Crippen LogP contribution in [0.5, 0.6) is 0 Å². The molecule has 0 radical (unpaired) electrons. The summed E-state index contributed by atoms with van der Waals surface area (Å²) in [5.41, 5.74) is 3.87. The first-order valence-corrected chi connectivity index (χ1v) is 12.2. The van der Waals surface area contributed by atoms with Gasteiger partial charge in [0.15, 0.2) is 0 Å². The van der Waals surface area contributed by atoms with E-state index in [1.54, 1.807) is 18.2 Å². The Morgan fingerprint density at radius 1 is 1.14 bits per heavy atom. The number of carbonyl (C=O) groups is 1. The number of nitrogens with zero attached hydrogens (tertiary/aromatic N) is 1. The zero-order valence-corrected chi connectivity index (χ0v) is 18.7. The molecule has 1 atom stereocenters. The Labute approximate surface area is 172 Å². The number of aryl methyl sites for hydroxylation is 2. The van der Waals surface area contributed by atoms with E-state index in [4.69, 9.17) is 0 Å². The van der Waals surface area contributed by atoms with Gasteiger partial charge in [-0.3, -0.25) is 9.10 Å². The van der Waals surface area contributed by atoms with Crippen LogP contribution in [0, 0.1) is 13.8 Å². The van der Waals surface area contributed by atoms with Crippen LogP contribution in [-0.2, 0) is 14.8 Å². The third kappa shape index (κ3) is 5.75. The number of anilines is 1. The number of hydrogen-bond donors (Lipinski definition) is 1. The largest absolute Gasteiger partial charge is 0.348 e. The lowest BCUT2D eigenvalue weighted by atomic mass is 9.99. The first kappa shape index (κ1) is 22.3. The number of amides is 1. The fourth-order valence-corrected chi connectivity index (χ4v) is 4.24. The van der Waals surface area contributed by atoms with Crippen LogP contribution in [-0.4, -0.2) is 33.4 Å². The Morgan fingerprint density at radius 2 is 1.86 bits per heavy atom. The highest BCUT2D eigenvalue weighted by molar-refractivity contribution is 7.98. The summed E-state index contributed by atoms with van der Waals surface area (Å²) in [6, 6.07) is 13.1. The molecule has 0 aliphatic carbocycles. The SMILES string of the molecule is CC[C@@H](NC(=O)CN(c1cccc(SC)c1)S(C)(=O)=O)c1ccc(C)c(C)c1. The van der Waals surface area contributed by atoms with Gasteiger partial charge >= 0.3 is 0 Å². The predicted octanol–water partition coefficient (Wildman–Crippen LogP) is 4.06. The van der Waals surface area contributed by atoms with E-state index in [1.807, 2.05) is 45.2 Å². The van der Waals surface area contributed by atoms with Gasteiger partial charge in [-0.25, -0.2) is 8.42 Å². The van der Waals surface area contributed by atoms with Crippen LogP contribution in [0.15, 0.2) is 47.4 Å². The third-order valence-electron chi connectivity index (χ3n) is 4.71. The second-order valence-corrected chi connectivity index (χ2v) is 9.63. The highest BCUT2D eigenvalue weighted by Crippen LogP contribution is 2.24. The third-order valence-corrected chi connectivity index (χ3v) is 6.57. The highest BCUT2D eigenvalue weighted by atomic mass is 32.2. The van der Waals surface area contributed by atoms with E-state index in [0.717, 1.165) is 33.0 Å². The van der Waals surface area contributed by atoms with E-state index in [-0.39, 0.29) is 18.5 Å². The molecule has 0 aromatic heterocycles. The Kier molecular flexibility index (Phi) is 7.55. The maximum atomic E-state index is 12.7. The number of benzene rings is 2. The summed E-state index contributed by atoms with van der Waals surface area (Å²) in [6.07, 6.45) is 3.76. The molecule has 0 aliphatic rings. The van der Waals surface area contributed by atoms with Gasteiger partial charge in [-0.05, 0) is 61.4 Å². The molecule has 152 valence electrons. The van der Waals surface area contributed by atoms with E-state index in [2.05, 4.69) is 11.4 Å². The molecule has 0 heterocycles. The van der Waals surface area contributed by atoms with E-state index in [0.29, 0.717) is 5.69 Å². The maximum Gasteiger partial charge on any atom is 0.241 e. The van der Waals surface area contributed by atoms with Crippen molar-refractivity contribution in [2.45, 2.75) is 38.1 Å². The molecule has 0 fully saturated rings. The Bertz CT molecular complexity index is 942. The van der Waals surface area contributed by atoms with Crippen molar-refractivity contribution in [3.8, 4) is 0 Å². The summed E-state index contributed by atoms with van der Waals surface area (Å²) in [7, 11) is -3.59. The van der Waals surface area contributed by atoms with Crippen LogP contribution < -0.4 is 9.62 Å². The number of thioether (sulfide) groups is 1. The van der Waals surface area contributed by atoms with Gasteiger partial charge in [0, 0.05) is 4.90 Å². The summed E-state index contributed by atoms with van der Waals surface area (Å²) in [5, 5.41) is 2.98. The van der Waals surface area contributed by atoms with E-state index in [9.17, 15) is 13.2 Å². The van der Waals surface area contributed by atoms with Crippen molar-refractivity contribution in [2.75, 3.05) is 23.4 Å². The molecule has 0 spiro atoms. The fourth-order valence-electron chi connectivity index (χ4n) is 2.94. The zero-order valence-electron chi connectivity index (χ0n) is 17.0. The van der Waals surface area contributed by atoms with Crippen LogP contribution in [0.25, 0.3) is 0 Å². The van der Waals surface area contributed by atoms with Crippen molar-refractivity contribution in [3.63, 3.8) is 0 Å². The average molecular weight is 421 g/mol. The van der Waals surface area contributed by atoms with E-state index in [1.165, 1.54) is 17.3 Å². The molecule has 0 aliphatic heterocycles. The second-order valence-electron chi connectivity index (χ2n) is 6.84. The molecule has 2 rings (SSSR count). The lowest BCUT2D eigenvalue weighted by Gasteiger charge is -2.24.